The van der Waals surface area contributed by atoms with Crippen molar-refractivity contribution < 1.29 is 23.5 Å². The minimum absolute atomic E-state index is 0.00647. The van der Waals surface area contributed by atoms with Gasteiger partial charge >= 0.3 is 5.97 Å². The fourth-order valence-electron chi connectivity index (χ4n) is 1.91. The summed E-state index contributed by atoms with van der Waals surface area (Å²) in [5, 5.41) is 0. The molecule has 19 heavy (non-hydrogen) atoms. The first-order valence-electron chi connectivity index (χ1n) is 5.86. The highest BCUT2D eigenvalue weighted by molar-refractivity contribution is 5.95. The standard InChI is InChI=1S/C13H14FNO4/c1-18-13(17)11-8-15(6-7-19-11)12(16)9-4-2-3-5-10(9)14/h2-5,11H,6-8H2,1H3. The topological polar surface area (TPSA) is 55.8 Å². The molecule has 6 heteroatoms. The number of benzene rings is 1. The predicted molar refractivity (Wildman–Crippen MR) is 64.1 cm³/mol. The number of rotatable bonds is 2. The highest BCUT2D eigenvalue weighted by Gasteiger charge is 2.31. The lowest BCUT2D eigenvalue weighted by atomic mass is 10.1. The van der Waals surface area contributed by atoms with E-state index in [9.17, 15) is 14.0 Å². The third-order valence-electron chi connectivity index (χ3n) is 2.92. The molecule has 0 bridgehead atoms. The van der Waals surface area contributed by atoms with Crippen molar-refractivity contribution in [3.05, 3.63) is 35.6 Å². The van der Waals surface area contributed by atoms with E-state index in [1.54, 1.807) is 6.07 Å². The van der Waals surface area contributed by atoms with Gasteiger partial charge in [0.05, 0.1) is 25.8 Å². The first-order valence-corrected chi connectivity index (χ1v) is 5.86. The van der Waals surface area contributed by atoms with Crippen LogP contribution in [0.2, 0.25) is 0 Å². The van der Waals surface area contributed by atoms with E-state index in [4.69, 9.17) is 4.74 Å². The van der Waals surface area contributed by atoms with Gasteiger partial charge in [-0.15, -0.1) is 0 Å². The molecule has 1 aliphatic heterocycles. The van der Waals surface area contributed by atoms with Gasteiger partial charge in [0.2, 0.25) is 0 Å². The molecule has 0 radical (unpaired) electrons. The molecule has 5 nitrogen and oxygen atoms in total. The summed E-state index contributed by atoms with van der Waals surface area (Å²) in [5.41, 5.74) is -0.00647. The minimum atomic E-state index is -0.811. The van der Waals surface area contributed by atoms with E-state index in [1.165, 1.54) is 30.2 Å². The summed E-state index contributed by atoms with van der Waals surface area (Å²) in [4.78, 5) is 24.9. The zero-order chi connectivity index (χ0) is 13.8. The van der Waals surface area contributed by atoms with Crippen molar-refractivity contribution in [2.75, 3.05) is 26.8 Å². The van der Waals surface area contributed by atoms with Crippen molar-refractivity contribution in [2.24, 2.45) is 0 Å². The van der Waals surface area contributed by atoms with E-state index in [-0.39, 0.29) is 18.7 Å². The summed E-state index contributed by atoms with van der Waals surface area (Å²) in [6.45, 7) is 0.612. The van der Waals surface area contributed by atoms with Crippen LogP contribution in [-0.2, 0) is 14.3 Å². The first kappa shape index (κ1) is 13.5. The van der Waals surface area contributed by atoms with Gasteiger partial charge < -0.3 is 14.4 Å². The maximum atomic E-state index is 13.5. The van der Waals surface area contributed by atoms with Gasteiger partial charge in [-0.05, 0) is 12.1 Å². The number of carbonyl (C=O) groups is 2. The number of halogens is 1. The van der Waals surface area contributed by atoms with Gasteiger partial charge in [-0.25, -0.2) is 9.18 Å². The summed E-state index contributed by atoms with van der Waals surface area (Å²) in [6, 6.07) is 5.75. The Hall–Kier alpha value is -1.95. The van der Waals surface area contributed by atoms with E-state index in [0.717, 1.165) is 0 Å². The van der Waals surface area contributed by atoms with Crippen LogP contribution in [0.4, 0.5) is 4.39 Å². The van der Waals surface area contributed by atoms with Crippen LogP contribution in [0.3, 0.4) is 0 Å². The number of methoxy groups -OCH3 is 1. The lowest BCUT2D eigenvalue weighted by molar-refractivity contribution is -0.158. The fourth-order valence-corrected chi connectivity index (χ4v) is 1.91. The normalized spacial score (nSPS) is 19.1. The number of amides is 1. The average Bonchev–Trinajstić information content (AvgIpc) is 2.46. The number of hydrogen-bond donors (Lipinski definition) is 0. The van der Waals surface area contributed by atoms with Gasteiger partial charge in [0, 0.05) is 6.54 Å². The Morgan fingerprint density at radius 3 is 2.84 bits per heavy atom. The van der Waals surface area contributed by atoms with E-state index in [0.29, 0.717) is 6.54 Å². The molecule has 1 aromatic rings. The Labute approximate surface area is 109 Å². The number of nitrogens with zero attached hydrogens (tertiary/aromatic N) is 1. The Morgan fingerprint density at radius 1 is 1.42 bits per heavy atom. The Morgan fingerprint density at radius 2 is 2.16 bits per heavy atom. The molecule has 102 valence electrons. The number of esters is 1. The smallest absolute Gasteiger partial charge is 0.336 e. The zero-order valence-electron chi connectivity index (χ0n) is 10.5. The van der Waals surface area contributed by atoms with Crippen LogP contribution in [0, 0.1) is 5.82 Å². The monoisotopic (exact) mass is 267 g/mol. The minimum Gasteiger partial charge on any atom is -0.467 e. The fraction of sp³-hybridized carbons (Fsp3) is 0.385. The van der Waals surface area contributed by atoms with Crippen LogP contribution in [0.25, 0.3) is 0 Å². The van der Waals surface area contributed by atoms with Crippen molar-refractivity contribution in [3.8, 4) is 0 Å². The average molecular weight is 267 g/mol. The van der Waals surface area contributed by atoms with Crippen molar-refractivity contribution in [2.45, 2.75) is 6.10 Å². The van der Waals surface area contributed by atoms with Crippen molar-refractivity contribution in [1.29, 1.82) is 0 Å². The highest BCUT2D eigenvalue weighted by Crippen LogP contribution is 2.14. The van der Waals surface area contributed by atoms with Crippen LogP contribution < -0.4 is 0 Å². The molecule has 2 rings (SSSR count). The first-order chi connectivity index (χ1) is 9.13. The molecule has 1 heterocycles. The second kappa shape index (κ2) is 5.79. The van der Waals surface area contributed by atoms with Crippen molar-refractivity contribution in [1.82, 2.24) is 4.90 Å². The van der Waals surface area contributed by atoms with Gasteiger partial charge in [-0.1, -0.05) is 12.1 Å². The van der Waals surface area contributed by atoms with Gasteiger partial charge in [0.1, 0.15) is 5.82 Å². The largest absolute Gasteiger partial charge is 0.467 e. The summed E-state index contributed by atoms with van der Waals surface area (Å²) >= 11 is 0. The molecular formula is C13H14FNO4. The van der Waals surface area contributed by atoms with Crippen molar-refractivity contribution in [3.63, 3.8) is 0 Å². The zero-order valence-corrected chi connectivity index (χ0v) is 10.5. The van der Waals surface area contributed by atoms with Crippen LogP contribution in [0.5, 0.6) is 0 Å². The van der Waals surface area contributed by atoms with Gasteiger partial charge in [-0.2, -0.15) is 0 Å². The van der Waals surface area contributed by atoms with Crippen LogP contribution in [-0.4, -0.2) is 49.7 Å². The third-order valence-corrected chi connectivity index (χ3v) is 2.92. The van der Waals surface area contributed by atoms with E-state index in [1.807, 2.05) is 0 Å². The molecule has 0 aromatic heterocycles. The Kier molecular flexibility index (Phi) is 4.11. The van der Waals surface area contributed by atoms with E-state index < -0.39 is 23.8 Å². The SMILES string of the molecule is COC(=O)C1CN(C(=O)c2ccccc2F)CCO1. The second-order valence-corrected chi connectivity index (χ2v) is 4.11. The molecule has 0 N–H and O–H groups in total. The van der Waals surface area contributed by atoms with Gasteiger partial charge in [0.25, 0.3) is 5.91 Å². The van der Waals surface area contributed by atoms with Crippen LogP contribution in [0.1, 0.15) is 10.4 Å². The predicted octanol–water partition coefficient (Wildman–Crippen LogP) is 0.840. The van der Waals surface area contributed by atoms with Gasteiger partial charge in [-0.3, -0.25) is 4.79 Å². The highest BCUT2D eigenvalue weighted by atomic mass is 19.1. The lowest BCUT2D eigenvalue weighted by Gasteiger charge is -2.31. The molecule has 1 saturated heterocycles. The number of carbonyl (C=O) groups excluding carboxylic acids is 2. The molecule has 0 saturated carbocycles. The number of ether oxygens (including phenoxy) is 2. The van der Waals surface area contributed by atoms with E-state index in [2.05, 4.69) is 4.74 Å². The number of morpholine rings is 1. The molecule has 1 atom stereocenters. The molecule has 1 aliphatic rings. The summed E-state index contributed by atoms with van der Waals surface area (Å²) in [7, 11) is 1.25. The summed E-state index contributed by atoms with van der Waals surface area (Å²) in [6.07, 6.45) is -0.811. The summed E-state index contributed by atoms with van der Waals surface area (Å²) in [5.74, 6) is -1.56. The van der Waals surface area contributed by atoms with Crippen LogP contribution >= 0.6 is 0 Å². The second-order valence-electron chi connectivity index (χ2n) is 4.11. The quantitative estimate of drug-likeness (QED) is 0.745. The summed E-state index contributed by atoms with van der Waals surface area (Å²) < 4.78 is 23.3. The molecule has 1 fully saturated rings. The van der Waals surface area contributed by atoms with Gasteiger partial charge in [0.15, 0.2) is 6.10 Å². The maximum absolute atomic E-state index is 13.5. The molecule has 0 spiro atoms. The number of hydrogen-bond acceptors (Lipinski definition) is 4. The molecular weight excluding hydrogens is 253 g/mol. The molecule has 1 aromatic carbocycles. The Bertz CT molecular complexity index is 491. The maximum Gasteiger partial charge on any atom is 0.336 e. The van der Waals surface area contributed by atoms with E-state index >= 15 is 0 Å². The lowest BCUT2D eigenvalue weighted by Crippen LogP contribution is -2.49. The molecule has 1 amide bonds. The van der Waals surface area contributed by atoms with Crippen LogP contribution in [0.15, 0.2) is 24.3 Å². The molecule has 0 aliphatic carbocycles. The third kappa shape index (κ3) is 2.90. The Balaban J connectivity index is 2.11. The van der Waals surface area contributed by atoms with Crippen molar-refractivity contribution >= 4 is 11.9 Å². The molecule has 1 unspecified atom stereocenters.